The van der Waals surface area contributed by atoms with E-state index in [0.717, 1.165) is 0 Å². The van der Waals surface area contributed by atoms with Gasteiger partial charge in [-0.3, -0.25) is 4.79 Å². The maximum Gasteiger partial charge on any atom is 0.176 e. The van der Waals surface area contributed by atoms with Gasteiger partial charge in [-0.25, -0.2) is 0 Å². The van der Waals surface area contributed by atoms with Crippen LogP contribution in [-0.4, -0.2) is 12.3 Å². The van der Waals surface area contributed by atoms with E-state index in [1.807, 2.05) is 0 Å². The van der Waals surface area contributed by atoms with Crippen molar-refractivity contribution in [3.63, 3.8) is 0 Å². The highest BCUT2D eigenvalue weighted by Crippen LogP contribution is 2.09. The topological polar surface area (TPSA) is 29.1 Å². The molecule has 0 radical (unpaired) electrons. The molecule has 1 N–H and O–H groups in total. The van der Waals surface area contributed by atoms with E-state index in [4.69, 9.17) is 11.6 Å². The van der Waals surface area contributed by atoms with Crippen LogP contribution in [0.2, 0.25) is 5.02 Å². The van der Waals surface area contributed by atoms with Gasteiger partial charge in [-0.05, 0) is 36.8 Å². The second-order valence-corrected chi connectivity index (χ2v) is 4.96. The average molecular weight is 274 g/mol. The molecule has 0 fully saturated rings. The molecule has 0 atom stereocenters. The number of ketones is 1. The Bertz CT molecular complexity index is 546. The van der Waals surface area contributed by atoms with Crippen molar-refractivity contribution in [2.24, 2.45) is 0 Å². The van der Waals surface area contributed by atoms with Crippen LogP contribution in [0.3, 0.4) is 0 Å². The van der Waals surface area contributed by atoms with Crippen LogP contribution in [0.15, 0.2) is 48.5 Å². The van der Waals surface area contributed by atoms with Crippen molar-refractivity contribution < 1.29 is 4.79 Å². The zero-order valence-electron chi connectivity index (χ0n) is 10.8. The van der Waals surface area contributed by atoms with E-state index in [1.54, 1.807) is 24.3 Å². The van der Waals surface area contributed by atoms with Gasteiger partial charge in [0.05, 0.1) is 6.54 Å². The molecule has 0 amide bonds. The van der Waals surface area contributed by atoms with E-state index >= 15 is 0 Å². The Kier molecular flexibility index (Phi) is 4.72. The van der Waals surface area contributed by atoms with E-state index in [-0.39, 0.29) is 5.78 Å². The quantitative estimate of drug-likeness (QED) is 0.843. The molecule has 19 heavy (non-hydrogen) atoms. The van der Waals surface area contributed by atoms with Gasteiger partial charge >= 0.3 is 0 Å². The summed E-state index contributed by atoms with van der Waals surface area (Å²) in [6, 6.07) is 15.2. The molecule has 0 heterocycles. The minimum Gasteiger partial charge on any atom is -0.306 e. The Morgan fingerprint density at radius 3 is 2.32 bits per heavy atom. The minimum atomic E-state index is 0.0729. The molecule has 0 aliphatic heterocycles. The van der Waals surface area contributed by atoms with Crippen LogP contribution in [-0.2, 0) is 6.54 Å². The van der Waals surface area contributed by atoms with E-state index in [2.05, 4.69) is 36.5 Å². The lowest BCUT2D eigenvalue weighted by Crippen LogP contribution is -2.22. The summed E-state index contributed by atoms with van der Waals surface area (Å²) in [5, 5.41) is 3.79. The van der Waals surface area contributed by atoms with Crippen molar-refractivity contribution in [1.82, 2.24) is 5.32 Å². The first-order chi connectivity index (χ1) is 9.15. The minimum absolute atomic E-state index is 0.0729. The average Bonchev–Trinajstić information content (AvgIpc) is 2.41. The number of hydrogen-bond acceptors (Lipinski definition) is 2. The van der Waals surface area contributed by atoms with E-state index < -0.39 is 0 Å². The SMILES string of the molecule is Cc1ccc(CNCC(=O)c2ccc(Cl)cc2)cc1. The second-order valence-electron chi connectivity index (χ2n) is 4.52. The molecule has 0 saturated heterocycles. The summed E-state index contributed by atoms with van der Waals surface area (Å²) in [6.07, 6.45) is 0. The second kappa shape index (κ2) is 6.50. The van der Waals surface area contributed by atoms with Crippen LogP contribution < -0.4 is 5.32 Å². The normalized spacial score (nSPS) is 10.4. The number of rotatable bonds is 5. The highest BCUT2D eigenvalue weighted by Gasteiger charge is 2.04. The number of aryl methyl sites for hydroxylation is 1. The molecule has 0 aliphatic carbocycles. The smallest absolute Gasteiger partial charge is 0.176 e. The van der Waals surface area contributed by atoms with Gasteiger partial charge in [0.25, 0.3) is 0 Å². The van der Waals surface area contributed by atoms with Gasteiger partial charge in [0.2, 0.25) is 0 Å². The van der Waals surface area contributed by atoms with Crippen LogP contribution in [0.25, 0.3) is 0 Å². The fourth-order valence-electron chi connectivity index (χ4n) is 1.76. The maximum atomic E-state index is 11.9. The number of carbonyl (C=O) groups is 1. The Morgan fingerprint density at radius 2 is 1.68 bits per heavy atom. The lowest BCUT2D eigenvalue weighted by molar-refractivity contribution is 0.0991. The Labute approximate surface area is 118 Å². The number of hydrogen-bond donors (Lipinski definition) is 1. The summed E-state index contributed by atoms with van der Waals surface area (Å²) in [7, 11) is 0. The highest BCUT2D eigenvalue weighted by molar-refractivity contribution is 6.30. The van der Waals surface area contributed by atoms with Gasteiger partial charge in [-0.15, -0.1) is 0 Å². The van der Waals surface area contributed by atoms with Crippen LogP contribution in [0, 0.1) is 6.92 Å². The van der Waals surface area contributed by atoms with E-state index in [0.29, 0.717) is 23.7 Å². The molecule has 2 rings (SSSR count). The van der Waals surface area contributed by atoms with Crippen LogP contribution >= 0.6 is 11.6 Å². The number of benzene rings is 2. The highest BCUT2D eigenvalue weighted by atomic mass is 35.5. The fourth-order valence-corrected chi connectivity index (χ4v) is 1.89. The number of Topliss-reactive ketones (excluding diaryl/α,β-unsaturated/α-hetero) is 1. The zero-order chi connectivity index (χ0) is 13.7. The molecule has 0 unspecified atom stereocenters. The number of nitrogens with one attached hydrogen (secondary N) is 1. The molecule has 2 aromatic rings. The van der Waals surface area contributed by atoms with Gasteiger partial charge < -0.3 is 5.32 Å². The third-order valence-corrected chi connectivity index (χ3v) is 3.15. The Hall–Kier alpha value is -1.64. The molecular formula is C16H16ClNO. The van der Waals surface area contributed by atoms with Crippen molar-refractivity contribution in [3.8, 4) is 0 Å². The van der Waals surface area contributed by atoms with Gasteiger partial charge in [-0.2, -0.15) is 0 Å². The van der Waals surface area contributed by atoms with Gasteiger partial charge in [0.15, 0.2) is 5.78 Å². The Balaban J connectivity index is 1.84. The Morgan fingerprint density at radius 1 is 1.05 bits per heavy atom. The first-order valence-electron chi connectivity index (χ1n) is 6.20. The van der Waals surface area contributed by atoms with Gasteiger partial charge in [0, 0.05) is 17.1 Å². The molecule has 2 nitrogen and oxygen atoms in total. The van der Waals surface area contributed by atoms with Crippen molar-refractivity contribution >= 4 is 17.4 Å². The summed E-state index contributed by atoms with van der Waals surface area (Å²) in [5.74, 6) is 0.0729. The van der Waals surface area contributed by atoms with Crippen molar-refractivity contribution in [1.29, 1.82) is 0 Å². The summed E-state index contributed by atoms with van der Waals surface area (Å²) in [5.41, 5.74) is 3.09. The lowest BCUT2D eigenvalue weighted by atomic mass is 10.1. The number of halogens is 1. The summed E-state index contributed by atoms with van der Waals surface area (Å²) in [6.45, 7) is 3.08. The summed E-state index contributed by atoms with van der Waals surface area (Å²) < 4.78 is 0. The predicted octanol–water partition coefficient (Wildman–Crippen LogP) is 3.62. The molecule has 0 saturated carbocycles. The molecule has 98 valence electrons. The summed E-state index contributed by atoms with van der Waals surface area (Å²) >= 11 is 5.79. The van der Waals surface area contributed by atoms with E-state index in [9.17, 15) is 4.79 Å². The largest absolute Gasteiger partial charge is 0.306 e. The zero-order valence-corrected chi connectivity index (χ0v) is 11.6. The van der Waals surface area contributed by atoms with Crippen LogP contribution in [0.4, 0.5) is 0 Å². The molecule has 0 bridgehead atoms. The predicted molar refractivity (Wildman–Crippen MR) is 78.7 cm³/mol. The molecule has 0 aliphatic rings. The fraction of sp³-hybridized carbons (Fsp3) is 0.188. The van der Waals surface area contributed by atoms with Crippen molar-refractivity contribution in [2.75, 3.05) is 6.54 Å². The van der Waals surface area contributed by atoms with E-state index in [1.165, 1.54) is 11.1 Å². The van der Waals surface area contributed by atoms with Crippen LogP contribution in [0.5, 0.6) is 0 Å². The van der Waals surface area contributed by atoms with Crippen molar-refractivity contribution in [3.05, 3.63) is 70.2 Å². The third-order valence-electron chi connectivity index (χ3n) is 2.90. The molecule has 2 aromatic carbocycles. The summed E-state index contributed by atoms with van der Waals surface area (Å²) in [4.78, 5) is 11.9. The molecule has 0 spiro atoms. The maximum absolute atomic E-state index is 11.9. The van der Waals surface area contributed by atoms with Crippen LogP contribution in [0.1, 0.15) is 21.5 Å². The first-order valence-corrected chi connectivity index (χ1v) is 6.58. The van der Waals surface area contributed by atoms with Gasteiger partial charge in [0.1, 0.15) is 0 Å². The molecular weight excluding hydrogens is 258 g/mol. The van der Waals surface area contributed by atoms with Gasteiger partial charge in [-0.1, -0.05) is 41.4 Å². The monoisotopic (exact) mass is 273 g/mol. The number of carbonyl (C=O) groups excluding carboxylic acids is 1. The molecule has 3 heteroatoms. The lowest BCUT2D eigenvalue weighted by Gasteiger charge is -2.05. The first kappa shape index (κ1) is 13.8. The standard InChI is InChI=1S/C16H16ClNO/c1-12-2-4-13(5-3-12)10-18-11-16(19)14-6-8-15(17)9-7-14/h2-9,18H,10-11H2,1H3. The third kappa shape index (κ3) is 4.19. The van der Waals surface area contributed by atoms with Crippen molar-refractivity contribution in [2.45, 2.75) is 13.5 Å². The molecule has 0 aromatic heterocycles.